The summed E-state index contributed by atoms with van der Waals surface area (Å²) in [6, 6.07) is 21.4. The second kappa shape index (κ2) is 9.35. The van der Waals surface area contributed by atoms with Crippen LogP contribution in [-0.2, 0) is 18.7 Å². The van der Waals surface area contributed by atoms with Crippen LogP contribution in [0.1, 0.15) is 40.0 Å². The van der Waals surface area contributed by atoms with Gasteiger partial charge in [-0.05, 0) is 46.5 Å². The summed E-state index contributed by atoms with van der Waals surface area (Å²) in [6.45, 7) is 7.85. The van der Waals surface area contributed by atoms with E-state index in [2.05, 4.69) is 81.4 Å². The van der Waals surface area contributed by atoms with Crippen molar-refractivity contribution >= 4 is 28.8 Å². The highest BCUT2D eigenvalue weighted by Gasteiger charge is 2.50. The first kappa shape index (κ1) is 23.2. The van der Waals surface area contributed by atoms with Crippen LogP contribution in [0.2, 0.25) is 5.04 Å². The average molecular weight is 447 g/mol. The Hall–Kier alpha value is -1.47. The second-order valence-electron chi connectivity index (χ2n) is 9.51. The van der Waals surface area contributed by atoms with Crippen molar-refractivity contribution in [3.05, 3.63) is 60.7 Å². The number of benzene rings is 2. The van der Waals surface area contributed by atoms with Crippen LogP contribution in [0.4, 0.5) is 0 Å². The van der Waals surface area contributed by atoms with Crippen molar-refractivity contribution in [3.8, 4) is 0 Å². The highest BCUT2D eigenvalue weighted by Crippen LogP contribution is 2.39. The third-order valence-electron chi connectivity index (χ3n) is 6.12. The molecule has 2 aromatic rings. The Morgan fingerprint density at radius 2 is 1.33 bits per heavy atom. The predicted molar refractivity (Wildman–Crippen MR) is 125 cm³/mol. The Labute approximate surface area is 182 Å². The summed E-state index contributed by atoms with van der Waals surface area (Å²) in [6.07, 6.45) is 4.11. The lowest BCUT2D eigenvalue weighted by molar-refractivity contribution is 0.220. The summed E-state index contributed by atoms with van der Waals surface area (Å²) in [5.41, 5.74) is 0. The van der Waals surface area contributed by atoms with Crippen molar-refractivity contribution in [2.75, 3.05) is 19.5 Å². The third kappa shape index (κ3) is 5.41. The average Bonchev–Trinajstić information content (AvgIpc) is 3.15. The molecule has 6 heteroatoms. The quantitative estimate of drug-likeness (QED) is 0.455. The van der Waals surface area contributed by atoms with Gasteiger partial charge in [-0.1, -0.05) is 81.4 Å². The molecule has 0 aromatic heterocycles. The van der Waals surface area contributed by atoms with E-state index in [9.17, 15) is 8.42 Å². The van der Waals surface area contributed by atoms with E-state index in [0.29, 0.717) is 12.5 Å². The van der Waals surface area contributed by atoms with E-state index in [4.69, 9.17) is 8.61 Å². The van der Waals surface area contributed by atoms with Gasteiger partial charge in [0.25, 0.3) is 18.4 Å². The van der Waals surface area contributed by atoms with Crippen molar-refractivity contribution < 1.29 is 17.0 Å². The molecule has 4 nitrogen and oxygen atoms in total. The van der Waals surface area contributed by atoms with Crippen LogP contribution < -0.4 is 10.4 Å². The molecule has 0 unspecified atom stereocenters. The predicted octanol–water partition coefficient (Wildman–Crippen LogP) is 3.96. The molecule has 0 heterocycles. The smallest absolute Gasteiger partial charge is 0.264 e. The molecule has 0 saturated heterocycles. The minimum absolute atomic E-state index is 0.0346. The summed E-state index contributed by atoms with van der Waals surface area (Å²) in [4.78, 5) is 0. The molecule has 30 heavy (non-hydrogen) atoms. The van der Waals surface area contributed by atoms with E-state index < -0.39 is 18.4 Å². The van der Waals surface area contributed by atoms with Gasteiger partial charge in [0.2, 0.25) is 0 Å². The van der Waals surface area contributed by atoms with Gasteiger partial charge in [-0.25, -0.2) is 0 Å². The minimum Gasteiger partial charge on any atom is -0.407 e. The molecule has 1 saturated carbocycles. The summed E-state index contributed by atoms with van der Waals surface area (Å²) in [5.74, 6) is 0.715. The molecule has 0 amide bonds. The number of rotatable bonds is 8. The summed E-state index contributed by atoms with van der Waals surface area (Å²) in [7, 11) is -5.89. The molecule has 0 spiro atoms. The first-order chi connectivity index (χ1) is 14.1. The molecule has 0 N–H and O–H groups in total. The van der Waals surface area contributed by atoms with Crippen LogP contribution in [-0.4, -0.2) is 36.2 Å². The van der Waals surface area contributed by atoms with Crippen LogP contribution in [0.25, 0.3) is 0 Å². The van der Waals surface area contributed by atoms with Gasteiger partial charge in [0, 0.05) is 6.61 Å². The molecular formula is C24H34O4SSi. The lowest BCUT2D eigenvalue weighted by Gasteiger charge is -2.43. The topological polar surface area (TPSA) is 52.6 Å². The Kier molecular flexibility index (Phi) is 7.23. The first-order valence-corrected chi connectivity index (χ1v) is 14.4. The summed E-state index contributed by atoms with van der Waals surface area (Å²) >= 11 is 0. The molecule has 1 aliphatic carbocycles. The van der Waals surface area contributed by atoms with Gasteiger partial charge in [-0.2, -0.15) is 8.42 Å². The maximum atomic E-state index is 11.3. The molecule has 164 valence electrons. The van der Waals surface area contributed by atoms with Gasteiger partial charge in [0.05, 0.1) is 12.9 Å². The summed E-state index contributed by atoms with van der Waals surface area (Å²) in [5, 5.41) is 2.55. The molecule has 0 radical (unpaired) electrons. The largest absolute Gasteiger partial charge is 0.407 e. The van der Waals surface area contributed by atoms with Crippen molar-refractivity contribution in [2.45, 2.75) is 45.1 Å². The van der Waals surface area contributed by atoms with E-state index in [0.717, 1.165) is 25.5 Å². The lowest BCUT2D eigenvalue weighted by atomic mass is 10.1. The van der Waals surface area contributed by atoms with Crippen LogP contribution in [0, 0.1) is 11.8 Å². The molecule has 0 bridgehead atoms. The molecular weight excluding hydrogens is 412 g/mol. The van der Waals surface area contributed by atoms with Crippen molar-refractivity contribution in [3.63, 3.8) is 0 Å². The molecule has 1 aliphatic rings. The van der Waals surface area contributed by atoms with Crippen LogP contribution in [0.5, 0.6) is 0 Å². The number of hydrogen-bond acceptors (Lipinski definition) is 4. The first-order valence-electron chi connectivity index (χ1n) is 10.7. The standard InChI is InChI=1S/C24H34O4SSi/c1-24(2,3)30(22-11-7-5-8-12-22,23-13-9-6-10-14-23)28-19-21-16-15-20(17-21)18-27-29(4,25)26/h5-14,20-21H,15-19H2,1-4H3/t20-,21+/m0/s1. The van der Waals surface area contributed by atoms with E-state index in [1.54, 1.807) is 0 Å². The third-order valence-corrected chi connectivity index (χ3v) is 11.7. The zero-order chi connectivity index (χ0) is 21.8. The molecule has 0 aliphatic heterocycles. The van der Waals surface area contributed by atoms with E-state index in [1.165, 1.54) is 10.4 Å². The van der Waals surface area contributed by atoms with Crippen molar-refractivity contribution in [1.29, 1.82) is 0 Å². The van der Waals surface area contributed by atoms with Gasteiger partial charge in [-0.15, -0.1) is 0 Å². The maximum Gasteiger partial charge on any atom is 0.264 e. The zero-order valence-corrected chi connectivity index (χ0v) is 20.3. The van der Waals surface area contributed by atoms with Crippen LogP contribution in [0.3, 0.4) is 0 Å². The van der Waals surface area contributed by atoms with E-state index in [-0.39, 0.29) is 17.6 Å². The second-order valence-corrected chi connectivity index (χ2v) is 15.5. The van der Waals surface area contributed by atoms with Crippen LogP contribution >= 0.6 is 0 Å². The Balaban J connectivity index is 1.83. The molecule has 2 aromatic carbocycles. The Bertz CT molecular complexity index is 868. The normalized spacial score (nSPS) is 20.4. The van der Waals surface area contributed by atoms with Gasteiger partial charge >= 0.3 is 0 Å². The minimum atomic E-state index is -3.38. The van der Waals surface area contributed by atoms with Gasteiger partial charge in [-0.3, -0.25) is 4.18 Å². The molecule has 1 fully saturated rings. The fraction of sp³-hybridized carbons (Fsp3) is 0.500. The van der Waals surface area contributed by atoms with Crippen LogP contribution in [0.15, 0.2) is 60.7 Å². The van der Waals surface area contributed by atoms with Gasteiger partial charge < -0.3 is 4.43 Å². The Morgan fingerprint density at radius 3 is 1.77 bits per heavy atom. The van der Waals surface area contributed by atoms with E-state index >= 15 is 0 Å². The summed E-state index contributed by atoms with van der Waals surface area (Å²) < 4.78 is 34.7. The Morgan fingerprint density at radius 1 is 0.867 bits per heavy atom. The fourth-order valence-corrected chi connectivity index (χ4v) is 9.79. The number of hydrogen-bond donors (Lipinski definition) is 0. The van der Waals surface area contributed by atoms with Gasteiger partial charge in [0.1, 0.15) is 0 Å². The highest BCUT2D eigenvalue weighted by molar-refractivity contribution is 7.85. The monoisotopic (exact) mass is 446 g/mol. The SMILES string of the molecule is CC(C)(C)[Si](OC[C@@H]1CC[C@H](COS(C)(=O)=O)C1)(c1ccccc1)c1ccccc1. The molecule has 3 rings (SSSR count). The van der Waals surface area contributed by atoms with Crippen molar-refractivity contribution in [1.82, 2.24) is 0 Å². The van der Waals surface area contributed by atoms with E-state index in [1.807, 2.05) is 0 Å². The maximum absolute atomic E-state index is 11.3. The zero-order valence-electron chi connectivity index (χ0n) is 18.5. The lowest BCUT2D eigenvalue weighted by Crippen LogP contribution is -2.66. The van der Waals surface area contributed by atoms with Crippen molar-refractivity contribution in [2.24, 2.45) is 11.8 Å². The highest BCUT2D eigenvalue weighted by atomic mass is 32.2. The fourth-order valence-electron chi connectivity index (χ4n) is 4.71. The molecule has 2 atom stereocenters. The van der Waals surface area contributed by atoms with Gasteiger partial charge in [0.15, 0.2) is 0 Å².